The fraction of sp³-hybridized carbons (Fsp3) is 0.600. The summed E-state index contributed by atoms with van der Waals surface area (Å²) < 4.78 is 0. The van der Waals surface area contributed by atoms with Crippen molar-refractivity contribution in [2.45, 2.75) is 38.3 Å². The van der Waals surface area contributed by atoms with Gasteiger partial charge in [0.15, 0.2) is 0 Å². The van der Waals surface area contributed by atoms with E-state index in [2.05, 4.69) is 29.2 Å². The van der Waals surface area contributed by atoms with E-state index < -0.39 is 5.54 Å². The SMILES string of the molecule is CNC(C)(CC(C)N(C)CCc1ccccn1)C(N)=O. The third-order valence-electron chi connectivity index (χ3n) is 4.00. The molecule has 0 spiro atoms. The van der Waals surface area contributed by atoms with E-state index in [9.17, 15) is 4.79 Å². The van der Waals surface area contributed by atoms with Crippen LogP contribution < -0.4 is 11.1 Å². The van der Waals surface area contributed by atoms with Crippen molar-refractivity contribution in [3.63, 3.8) is 0 Å². The molecule has 0 bridgehead atoms. The second-order valence-electron chi connectivity index (χ2n) is 5.55. The number of rotatable bonds is 8. The van der Waals surface area contributed by atoms with Crippen LogP contribution in [0, 0.1) is 0 Å². The second-order valence-corrected chi connectivity index (χ2v) is 5.55. The minimum absolute atomic E-state index is 0.253. The largest absolute Gasteiger partial charge is 0.368 e. The summed E-state index contributed by atoms with van der Waals surface area (Å²) in [5.41, 5.74) is 5.88. The molecule has 112 valence electrons. The van der Waals surface area contributed by atoms with E-state index in [1.54, 1.807) is 7.05 Å². The molecule has 5 nitrogen and oxygen atoms in total. The summed E-state index contributed by atoms with van der Waals surface area (Å²) in [7, 11) is 3.83. The second kappa shape index (κ2) is 7.36. The molecule has 0 aliphatic rings. The first kappa shape index (κ1) is 16.6. The Kier molecular flexibility index (Phi) is 6.10. The fourth-order valence-corrected chi connectivity index (χ4v) is 2.13. The van der Waals surface area contributed by atoms with Crippen LogP contribution in [-0.4, -0.2) is 48.0 Å². The number of nitrogens with zero attached hydrogens (tertiary/aromatic N) is 2. The summed E-state index contributed by atoms with van der Waals surface area (Å²) in [5, 5.41) is 3.02. The van der Waals surface area contributed by atoms with E-state index in [0.29, 0.717) is 6.42 Å². The van der Waals surface area contributed by atoms with Gasteiger partial charge in [-0.2, -0.15) is 0 Å². The van der Waals surface area contributed by atoms with Crippen LogP contribution >= 0.6 is 0 Å². The molecule has 1 heterocycles. The monoisotopic (exact) mass is 278 g/mol. The summed E-state index contributed by atoms with van der Waals surface area (Å²) in [5.74, 6) is -0.315. The summed E-state index contributed by atoms with van der Waals surface area (Å²) >= 11 is 0. The Morgan fingerprint density at radius 3 is 2.75 bits per heavy atom. The number of pyridine rings is 1. The molecule has 0 aliphatic carbocycles. The average molecular weight is 278 g/mol. The number of hydrogen-bond acceptors (Lipinski definition) is 4. The van der Waals surface area contributed by atoms with Gasteiger partial charge in [-0.3, -0.25) is 9.78 Å². The molecule has 2 atom stereocenters. The van der Waals surface area contributed by atoms with E-state index in [4.69, 9.17) is 5.73 Å². The number of hydrogen-bond donors (Lipinski definition) is 2. The summed E-state index contributed by atoms with van der Waals surface area (Å²) in [6, 6.07) is 6.20. The maximum atomic E-state index is 11.5. The topological polar surface area (TPSA) is 71.2 Å². The first-order valence-corrected chi connectivity index (χ1v) is 6.98. The van der Waals surface area contributed by atoms with E-state index in [0.717, 1.165) is 18.7 Å². The highest BCUT2D eigenvalue weighted by Crippen LogP contribution is 2.15. The van der Waals surface area contributed by atoms with Gasteiger partial charge in [0.1, 0.15) is 0 Å². The molecule has 20 heavy (non-hydrogen) atoms. The van der Waals surface area contributed by atoms with E-state index >= 15 is 0 Å². The lowest BCUT2D eigenvalue weighted by atomic mass is 9.92. The van der Waals surface area contributed by atoms with Crippen LogP contribution in [0.2, 0.25) is 0 Å². The van der Waals surface area contributed by atoms with Crippen LogP contribution in [0.1, 0.15) is 26.0 Å². The number of nitrogens with one attached hydrogen (secondary N) is 1. The maximum Gasteiger partial charge on any atom is 0.237 e. The molecule has 1 aromatic heterocycles. The van der Waals surface area contributed by atoms with Crippen molar-refractivity contribution in [1.82, 2.24) is 15.2 Å². The normalized spacial score (nSPS) is 15.8. The zero-order chi connectivity index (χ0) is 15.2. The Morgan fingerprint density at radius 1 is 1.55 bits per heavy atom. The fourth-order valence-electron chi connectivity index (χ4n) is 2.13. The standard InChI is InChI=1S/C15H26N4O/c1-12(11-15(2,17-3)14(16)20)19(4)10-8-13-7-5-6-9-18-13/h5-7,9,12,17H,8,10-11H2,1-4H3,(H2,16,20). The van der Waals surface area contributed by atoms with Gasteiger partial charge in [-0.05, 0) is 46.5 Å². The van der Waals surface area contributed by atoms with Crippen LogP contribution in [0.25, 0.3) is 0 Å². The van der Waals surface area contributed by atoms with Gasteiger partial charge in [-0.1, -0.05) is 6.07 Å². The minimum atomic E-state index is -0.668. The molecule has 0 aromatic carbocycles. The summed E-state index contributed by atoms with van der Waals surface area (Å²) in [4.78, 5) is 18.1. The first-order chi connectivity index (χ1) is 9.39. The molecule has 2 unspecified atom stereocenters. The zero-order valence-corrected chi connectivity index (χ0v) is 12.9. The Balaban J connectivity index is 2.50. The Morgan fingerprint density at radius 2 is 2.25 bits per heavy atom. The van der Waals surface area contributed by atoms with Gasteiger partial charge in [0, 0.05) is 30.9 Å². The number of likely N-dealkylation sites (N-methyl/N-ethyl adjacent to an activating group) is 2. The lowest BCUT2D eigenvalue weighted by molar-refractivity contribution is -0.124. The highest BCUT2D eigenvalue weighted by atomic mass is 16.1. The Labute approximate surface area is 121 Å². The van der Waals surface area contributed by atoms with Crippen molar-refractivity contribution < 1.29 is 4.79 Å². The van der Waals surface area contributed by atoms with Gasteiger partial charge in [0.05, 0.1) is 5.54 Å². The zero-order valence-electron chi connectivity index (χ0n) is 12.9. The molecule has 1 aromatic rings. The van der Waals surface area contributed by atoms with Crippen molar-refractivity contribution in [2.75, 3.05) is 20.6 Å². The summed E-state index contributed by atoms with van der Waals surface area (Å²) in [6.45, 7) is 4.85. The van der Waals surface area contributed by atoms with Crippen LogP contribution in [-0.2, 0) is 11.2 Å². The third-order valence-corrected chi connectivity index (χ3v) is 4.00. The van der Waals surface area contributed by atoms with Gasteiger partial charge in [0.25, 0.3) is 0 Å². The van der Waals surface area contributed by atoms with Gasteiger partial charge < -0.3 is 16.0 Å². The van der Waals surface area contributed by atoms with Gasteiger partial charge >= 0.3 is 0 Å². The number of aromatic nitrogens is 1. The molecule has 0 aliphatic heterocycles. The van der Waals surface area contributed by atoms with Crippen LogP contribution in [0.4, 0.5) is 0 Å². The lowest BCUT2D eigenvalue weighted by Crippen LogP contribution is -2.54. The molecule has 0 fully saturated rings. The molecule has 1 rings (SSSR count). The van der Waals surface area contributed by atoms with Crippen molar-refractivity contribution >= 4 is 5.91 Å². The van der Waals surface area contributed by atoms with Crippen molar-refractivity contribution in [3.05, 3.63) is 30.1 Å². The number of amides is 1. The first-order valence-electron chi connectivity index (χ1n) is 6.98. The molecular formula is C15H26N4O. The van der Waals surface area contributed by atoms with Crippen molar-refractivity contribution in [2.24, 2.45) is 5.73 Å². The van der Waals surface area contributed by atoms with Gasteiger partial charge in [-0.15, -0.1) is 0 Å². The molecule has 5 heteroatoms. The lowest BCUT2D eigenvalue weighted by Gasteiger charge is -2.33. The highest BCUT2D eigenvalue weighted by molar-refractivity contribution is 5.84. The van der Waals surface area contributed by atoms with Crippen LogP contribution in [0.3, 0.4) is 0 Å². The van der Waals surface area contributed by atoms with E-state index in [-0.39, 0.29) is 11.9 Å². The molecule has 1 amide bonds. The van der Waals surface area contributed by atoms with E-state index in [1.165, 1.54) is 0 Å². The quantitative estimate of drug-likeness (QED) is 0.738. The molecular weight excluding hydrogens is 252 g/mol. The van der Waals surface area contributed by atoms with Crippen molar-refractivity contribution in [3.8, 4) is 0 Å². The maximum absolute atomic E-state index is 11.5. The molecule has 3 N–H and O–H groups in total. The Bertz CT molecular complexity index is 423. The minimum Gasteiger partial charge on any atom is -0.368 e. The number of nitrogens with two attached hydrogens (primary N) is 1. The van der Waals surface area contributed by atoms with Crippen LogP contribution in [0.5, 0.6) is 0 Å². The van der Waals surface area contributed by atoms with Gasteiger partial charge in [0.2, 0.25) is 5.91 Å². The number of carbonyl (C=O) groups excluding carboxylic acids is 1. The van der Waals surface area contributed by atoms with Crippen LogP contribution in [0.15, 0.2) is 24.4 Å². The molecule has 0 saturated carbocycles. The van der Waals surface area contributed by atoms with Crippen molar-refractivity contribution in [1.29, 1.82) is 0 Å². The summed E-state index contributed by atoms with van der Waals surface area (Å²) in [6.07, 6.45) is 3.38. The molecule has 0 saturated heterocycles. The predicted molar refractivity (Wildman–Crippen MR) is 81.3 cm³/mol. The highest BCUT2D eigenvalue weighted by Gasteiger charge is 2.31. The smallest absolute Gasteiger partial charge is 0.237 e. The Hall–Kier alpha value is -1.46. The number of primary amides is 1. The van der Waals surface area contributed by atoms with Gasteiger partial charge in [-0.25, -0.2) is 0 Å². The third kappa shape index (κ3) is 4.58. The van der Waals surface area contributed by atoms with E-state index in [1.807, 2.05) is 31.3 Å². The average Bonchev–Trinajstić information content (AvgIpc) is 2.45. The predicted octanol–water partition coefficient (Wildman–Crippen LogP) is 0.798. The number of carbonyl (C=O) groups is 1. The molecule has 0 radical (unpaired) electrons.